The van der Waals surface area contributed by atoms with Crippen molar-refractivity contribution in [1.82, 2.24) is 0 Å². The van der Waals surface area contributed by atoms with Crippen LogP contribution in [0.25, 0.3) is 0 Å². The quantitative estimate of drug-likeness (QED) is 0.882. The SMILES string of the molecule is O=C(O)C1CCC(CS(=O)c2ccccc2)O1. The first-order valence-electron chi connectivity index (χ1n) is 5.48. The van der Waals surface area contributed by atoms with Gasteiger partial charge in [-0.2, -0.15) is 0 Å². The topological polar surface area (TPSA) is 63.6 Å². The van der Waals surface area contributed by atoms with E-state index in [1.807, 2.05) is 18.2 Å². The van der Waals surface area contributed by atoms with Crippen molar-refractivity contribution >= 4 is 16.8 Å². The van der Waals surface area contributed by atoms with E-state index in [1.54, 1.807) is 12.1 Å². The molecule has 1 saturated heterocycles. The van der Waals surface area contributed by atoms with Gasteiger partial charge in [-0.1, -0.05) is 18.2 Å². The van der Waals surface area contributed by atoms with Crippen molar-refractivity contribution in [3.05, 3.63) is 30.3 Å². The van der Waals surface area contributed by atoms with Crippen molar-refractivity contribution in [2.24, 2.45) is 0 Å². The van der Waals surface area contributed by atoms with E-state index >= 15 is 0 Å². The van der Waals surface area contributed by atoms with Gasteiger partial charge >= 0.3 is 5.97 Å². The number of hydrogen-bond donors (Lipinski definition) is 1. The van der Waals surface area contributed by atoms with Crippen molar-refractivity contribution in [3.63, 3.8) is 0 Å². The molecule has 1 fully saturated rings. The summed E-state index contributed by atoms with van der Waals surface area (Å²) in [6.07, 6.45) is 0.228. The molecule has 3 unspecified atom stereocenters. The van der Waals surface area contributed by atoms with Crippen LogP contribution in [0.2, 0.25) is 0 Å². The molecule has 4 nitrogen and oxygen atoms in total. The maximum Gasteiger partial charge on any atom is 0.332 e. The molecular weight excluding hydrogens is 240 g/mol. The first kappa shape index (κ1) is 12.3. The lowest BCUT2D eigenvalue weighted by atomic mass is 10.2. The van der Waals surface area contributed by atoms with Crippen molar-refractivity contribution in [2.45, 2.75) is 29.9 Å². The normalized spacial score (nSPS) is 25.6. The molecule has 1 heterocycles. The molecule has 0 amide bonds. The van der Waals surface area contributed by atoms with Crippen LogP contribution in [0.5, 0.6) is 0 Å². The Morgan fingerprint density at radius 2 is 2.06 bits per heavy atom. The Morgan fingerprint density at radius 1 is 1.35 bits per heavy atom. The lowest BCUT2D eigenvalue weighted by Crippen LogP contribution is -2.23. The lowest BCUT2D eigenvalue weighted by molar-refractivity contribution is -0.148. The minimum atomic E-state index is -1.12. The summed E-state index contributed by atoms with van der Waals surface area (Å²) in [6, 6.07) is 9.15. The third kappa shape index (κ3) is 3.14. The molecule has 1 aliphatic rings. The summed E-state index contributed by atoms with van der Waals surface area (Å²) in [5, 5.41) is 8.78. The highest BCUT2D eigenvalue weighted by Gasteiger charge is 2.31. The molecule has 1 aromatic carbocycles. The predicted octanol–water partition coefficient (Wildman–Crippen LogP) is 1.43. The predicted molar refractivity (Wildman–Crippen MR) is 63.2 cm³/mol. The van der Waals surface area contributed by atoms with Gasteiger partial charge in [0, 0.05) is 4.90 Å². The van der Waals surface area contributed by atoms with Crippen LogP contribution in [0, 0.1) is 0 Å². The second-order valence-corrected chi connectivity index (χ2v) is 5.48. The lowest BCUT2D eigenvalue weighted by Gasteiger charge is -2.10. The fourth-order valence-electron chi connectivity index (χ4n) is 1.85. The molecule has 1 aromatic rings. The van der Waals surface area contributed by atoms with E-state index in [0.29, 0.717) is 18.6 Å². The number of rotatable bonds is 4. The Balaban J connectivity index is 1.91. The van der Waals surface area contributed by atoms with Gasteiger partial charge in [0.2, 0.25) is 0 Å². The molecule has 0 saturated carbocycles. The van der Waals surface area contributed by atoms with E-state index in [-0.39, 0.29) is 6.10 Å². The van der Waals surface area contributed by atoms with Gasteiger partial charge in [-0.25, -0.2) is 4.79 Å². The van der Waals surface area contributed by atoms with Crippen molar-refractivity contribution < 1.29 is 18.8 Å². The second kappa shape index (κ2) is 5.42. The van der Waals surface area contributed by atoms with E-state index < -0.39 is 22.9 Å². The molecule has 0 spiro atoms. The third-order valence-electron chi connectivity index (χ3n) is 2.73. The number of ether oxygens (including phenoxy) is 1. The Morgan fingerprint density at radius 3 is 2.65 bits per heavy atom. The van der Waals surface area contributed by atoms with E-state index in [2.05, 4.69) is 0 Å². The van der Waals surface area contributed by atoms with Gasteiger partial charge < -0.3 is 9.84 Å². The van der Waals surface area contributed by atoms with Gasteiger partial charge in [0.05, 0.1) is 22.7 Å². The molecule has 3 atom stereocenters. The van der Waals surface area contributed by atoms with Crippen LogP contribution in [0.3, 0.4) is 0 Å². The molecule has 0 aromatic heterocycles. The third-order valence-corrected chi connectivity index (χ3v) is 4.20. The highest BCUT2D eigenvalue weighted by Crippen LogP contribution is 2.22. The van der Waals surface area contributed by atoms with Gasteiger partial charge in [-0.15, -0.1) is 0 Å². The fraction of sp³-hybridized carbons (Fsp3) is 0.417. The fourth-order valence-corrected chi connectivity index (χ4v) is 3.08. The van der Waals surface area contributed by atoms with Crippen LogP contribution >= 0.6 is 0 Å². The smallest absolute Gasteiger partial charge is 0.332 e. The minimum Gasteiger partial charge on any atom is -0.479 e. The maximum absolute atomic E-state index is 12.0. The summed E-state index contributed by atoms with van der Waals surface area (Å²) in [5.41, 5.74) is 0. The number of carbonyl (C=O) groups is 1. The number of carboxylic acid groups (broad SMARTS) is 1. The van der Waals surface area contributed by atoms with E-state index in [9.17, 15) is 9.00 Å². The molecule has 0 aliphatic carbocycles. The highest BCUT2D eigenvalue weighted by atomic mass is 32.2. The molecule has 92 valence electrons. The van der Waals surface area contributed by atoms with Crippen LogP contribution in [-0.2, 0) is 20.3 Å². The van der Waals surface area contributed by atoms with E-state index in [0.717, 1.165) is 4.90 Å². The van der Waals surface area contributed by atoms with Crippen LogP contribution < -0.4 is 0 Å². The van der Waals surface area contributed by atoms with Gasteiger partial charge in [0.1, 0.15) is 0 Å². The average Bonchev–Trinajstić information content (AvgIpc) is 2.79. The number of hydrogen-bond acceptors (Lipinski definition) is 3. The second-order valence-electron chi connectivity index (χ2n) is 3.99. The summed E-state index contributed by atoms with van der Waals surface area (Å²) in [6.45, 7) is 0. The maximum atomic E-state index is 12.0. The molecule has 1 aliphatic heterocycles. The molecular formula is C12H14O4S. The van der Waals surface area contributed by atoms with Crippen LogP contribution in [-0.4, -0.2) is 33.2 Å². The van der Waals surface area contributed by atoms with Gasteiger partial charge in [0.25, 0.3) is 0 Å². The van der Waals surface area contributed by atoms with Crippen LogP contribution in [0.4, 0.5) is 0 Å². The Kier molecular flexibility index (Phi) is 3.91. The first-order valence-corrected chi connectivity index (χ1v) is 6.80. The largest absolute Gasteiger partial charge is 0.479 e. The molecule has 0 bridgehead atoms. The molecule has 17 heavy (non-hydrogen) atoms. The Bertz CT molecular complexity index is 418. The molecule has 1 N–H and O–H groups in total. The zero-order valence-electron chi connectivity index (χ0n) is 9.24. The van der Waals surface area contributed by atoms with E-state index in [1.165, 1.54) is 0 Å². The highest BCUT2D eigenvalue weighted by molar-refractivity contribution is 7.85. The summed E-state index contributed by atoms with van der Waals surface area (Å²) in [5.74, 6) is -0.564. The Hall–Kier alpha value is -1.20. The van der Waals surface area contributed by atoms with E-state index in [4.69, 9.17) is 9.84 Å². The standard InChI is InChI=1S/C12H14O4S/c13-12(14)11-7-6-9(16-11)8-17(15)10-4-2-1-3-5-10/h1-5,9,11H,6-8H2,(H,13,14). The van der Waals surface area contributed by atoms with Crippen LogP contribution in [0.1, 0.15) is 12.8 Å². The van der Waals surface area contributed by atoms with Gasteiger partial charge in [-0.05, 0) is 25.0 Å². The number of benzene rings is 1. The molecule has 0 radical (unpaired) electrons. The number of aliphatic carboxylic acids is 1. The monoisotopic (exact) mass is 254 g/mol. The Labute approximate surface area is 102 Å². The minimum absolute atomic E-state index is 0.211. The summed E-state index contributed by atoms with van der Waals surface area (Å²) < 4.78 is 17.3. The summed E-state index contributed by atoms with van der Waals surface area (Å²) >= 11 is 0. The van der Waals surface area contributed by atoms with Gasteiger partial charge in [-0.3, -0.25) is 4.21 Å². The zero-order chi connectivity index (χ0) is 12.3. The first-order chi connectivity index (χ1) is 8.16. The zero-order valence-corrected chi connectivity index (χ0v) is 10.1. The molecule has 5 heteroatoms. The van der Waals surface area contributed by atoms with Crippen LogP contribution in [0.15, 0.2) is 35.2 Å². The van der Waals surface area contributed by atoms with Crippen molar-refractivity contribution in [2.75, 3.05) is 5.75 Å². The van der Waals surface area contributed by atoms with Crippen molar-refractivity contribution in [1.29, 1.82) is 0 Å². The summed E-state index contributed by atoms with van der Waals surface area (Å²) in [7, 11) is -1.12. The number of carboxylic acids is 1. The van der Waals surface area contributed by atoms with Gasteiger partial charge in [0.15, 0.2) is 6.10 Å². The average molecular weight is 254 g/mol. The van der Waals surface area contributed by atoms with Crippen molar-refractivity contribution in [3.8, 4) is 0 Å². The molecule has 2 rings (SSSR count). The summed E-state index contributed by atoms with van der Waals surface area (Å²) in [4.78, 5) is 11.5.